The Bertz CT molecular complexity index is 2700. The van der Waals surface area contributed by atoms with Crippen molar-refractivity contribution in [3.63, 3.8) is 0 Å². The number of benzene rings is 6. The number of aromatic nitrogens is 4. The number of hydrogen-bond donors (Lipinski definition) is 0. The molecule has 0 aliphatic heterocycles. The van der Waals surface area contributed by atoms with Crippen LogP contribution in [0.15, 0.2) is 176 Å². The summed E-state index contributed by atoms with van der Waals surface area (Å²) in [5.41, 5.74) is 14.5. The summed E-state index contributed by atoms with van der Waals surface area (Å²) in [6.45, 7) is 0. The molecule has 4 nitrogen and oxygen atoms in total. The van der Waals surface area contributed by atoms with Crippen molar-refractivity contribution >= 4 is 21.8 Å². The minimum absolute atomic E-state index is 0.0758. The zero-order chi connectivity index (χ0) is 33.0. The van der Waals surface area contributed by atoms with Gasteiger partial charge in [0.15, 0.2) is 5.82 Å². The first-order valence-corrected chi connectivity index (χ1v) is 17.0. The van der Waals surface area contributed by atoms with Crippen LogP contribution in [0.1, 0.15) is 22.6 Å². The minimum atomic E-state index is -0.0758. The molecule has 4 heteroatoms. The van der Waals surface area contributed by atoms with Gasteiger partial charge < -0.3 is 4.57 Å². The molecule has 1 unspecified atom stereocenters. The summed E-state index contributed by atoms with van der Waals surface area (Å²) in [5.74, 6) is 0.641. The Morgan fingerprint density at radius 1 is 0.440 bits per heavy atom. The predicted molar refractivity (Wildman–Crippen MR) is 203 cm³/mol. The highest BCUT2D eigenvalue weighted by Gasteiger charge is 2.34. The van der Waals surface area contributed by atoms with E-state index in [2.05, 4.69) is 138 Å². The molecule has 0 bridgehead atoms. The highest BCUT2D eigenvalue weighted by molar-refractivity contribution is 6.10. The highest BCUT2D eigenvalue weighted by atomic mass is 15.0. The predicted octanol–water partition coefficient (Wildman–Crippen LogP) is 11.1. The summed E-state index contributed by atoms with van der Waals surface area (Å²) in [4.78, 5) is 15.1. The molecule has 234 valence electrons. The van der Waals surface area contributed by atoms with E-state index in [0.29, 0.717) is 5.82 Å². The number of fused-ring (bicyclic) bond motifs is 6. The largest absolute Gasteiger partial charge is 0.309 e. The van der Waals surface area contributed by atoms with Gasteiger partial charge in [0.25, 0.3) is 0 Å². The first-order valence-electron chi connectivity index (χ1n) is 17.0. The van der Waals surface area contributed by atoms with E-state index < -0.39 is 0 Å². The van der Waals surface area contributed by atoms with E-state index >= 15 is 0 Å². The van der Waals surface area contributed by atoms with Crippen molar-refractivity contribution in [3.05, 3.63) is 193 Å². The van der Waals surface area contributed by atoms with Gasteiger partial charge in [0, 0.05) is 57.0 Å². The summed E-state index contributed by atoms with van der Waals surface area (Å²) < 4.78 is 2.38. The summed E-state index contributed by atoms with van der Waals surface area (Å²) in [6, 6.07) is 57.9. The SMILES string of the molecule is c1ccc(-c2ncc(C3c4cc(-c5ccc6c7ccccc7n(-c7ccccc7)c6c5)ccc4-c4ncccc43)c(-c3ccccc3)n2)cc1. The molecule has 0 radical (unpaired) electrons. The van der Waals surface area contributed by atoms with Gasteiger partial charge in [-0.15, -0.1) is 0 Å². The van der Waals surface area contributed by atoms with Gasteiger partial charge in [-0.3, -0.25) is 4.98 Å². The second kappa shape index (κ2) is 11.5. The summed E-state index contributed by atoms with van der Waals surface area (Å²) in [5, 5.41) is 2.49. The number of pyridine rings is 1. The molecular weight excluding hydrogens is 609 g/mol. The molecule has 0 saturated carbocycles. The fourth-order valence-electron chi connectivity index (χ4n) is 7.74. The van der Waals surface area contributed by atoms with Gasteiger partial charge >= 0.3 is 0 Å². The van der Waals surface area contributed by atoms with Crippen LogP contribution in [0.2, 0.25) is 0 Å². The molecule has 3 aromatic heterocycles. The standard InChI is InChI=1S/C46H30N4/c1-4-13-30(14-5-1)44-40(29-48-46(49-44)31-15-6-2-7-16-31)43-38-20-12-26-47-45(38)37-25-23-32(27-39(37)43)33-22-24-36-35-19-10-11-21-41(35)50(42(36)28-33)34-17-8-3-9-18-34/h1-29,43H. The van der Waals surface area contributed by atoms with Crippen molar-refractivity contribution in [2.45, 2.75) is 5.92 Å². The van der Waals surface area contributed by atoms with Crippen LogP contribution in [0, 0.1) is 0 Å². The van der Waals surface area contributed by atoms with Crippen molar-refractivity contribution in [2.24, 2.45) is 0 Å². The van der Waals surface area contributed by atoms with Crippen LogP contribution < -0.4 is 0 Å². The van der Waals surface area contributed by atoms with Crippen molar-refractivity contribution in [3.8, 4) is 50.7 Å². The average Bonchev–Trinajstić information content (AvgIpc) is 3.71. The molecule has 0 amide bonds. The fraction of sp³-hybridized carbons (Fsp3) is 0.0217. The maximum Gasteiger partial charge on any atom is 0.159 e. The molecule has 0 N–H and O–H groups in total. The topological polar surface area (TPSA) is 43.6 Å². The van der Waals surface area contributed by atoms with Gasteiger partial charge in [-0.2, -0.15) is 0 Å². The zero-order valence-corrected chi connectivity index (χ0v) is 27.1. The first-order chi connectivity index (χ1) is 24.8. The van der Waals surface area contributed by atoms with Crippen molar-refractivity contribution < 1.29 is 0 Å². The van der Waals surface area contributed by atoms with Crippen LogP contribution in [0.5, 0.6) is 0 Å². The first kappa shape index (κ1) is 28.4. The van der Waals surface area contributed by atoms with Crippen molar-refractivity contribution in [1.29, 1.82) is 0 Å². The molecule has 1 aliphatic carbocycles. The highest BCUT2D eigenvalue weighted by Crippen LogP contribution is 2.50. The van der Waals surface area contributed by atoms with Crippen LogP contribution in [-0.4, -0.2) is 19.5 Å². The number of para-hydroxylation sites is 2. The third kappa shape index (κ3) is 4.50. The van der Waals surface area contributed by atoms with Crippen molar-refractivity contribution in [2.75, 3.05) is 0 Å². The summed E-state index contributed by atoms with van der Waals surface area (Å²) in [7, 11) is 0. The lowest BCUT2D eigenvalue weighted by molar-refractivity contribution is 0.972. The Hall–Kier alpha value is -6.65. The van der Waals surface area contributed by atoms with Gasteiger partial charge in [-0.25, -0.2) is 9.97 Å². The fourth-order valence-corrected chi connectivity index (χ4v) is 7.74. The Balaban J connectivity index is 1.17. The quantitative estimate of drug-likeness (QED) is 0.188. The molecule has 0 fully saturated rings. The Labute approximate surface area is 290 Å². The summed E-state index contributed by atoms with van der Waals surface area (Å²) >= 11 is 0. The molecule has 1 atom stereocenters. The van der Waals surface area contributed by atoms with Gasteiger partial charge in [0.05, 0.1) is 22.4 Å². The van der Waals surface area contributed by atoms with E-state index in [9.17, 15) is 0 Å². The van der Waals surface area contributed by atoms with E-state index in [0.717, 1.165) is 44.9 Å². The van der Waals surface area contributed by atoms with E-state index in [1.54, 1.807) is 0 Å². The van der Waals surface area contributed by atoms with Gasteiger partial charge in [-0.05, 0) is 58.7 Å². The Morgan fingerprint density at radius 3 is 1.94 bits per heavy atom. The number of hydrogen-bond acceptors (Lipinski definition) is 3. The maximum absolute atomic E-state index is 5.24. The molecule has 50 heavy (non-hydrogen) atoms. The van der Waals surface area contributed by atoms with Crippen LogP contribution >= 0.6 is 0 Å². The molecule has 9 aromatic rings. The maximum atomic E-state index is 5.24. The summed E-state index contributed by atoms with van der Waals surface area (Å²) in [6.07, 6.45) is 3.92. The van der Waals surface area contributed by atoms with Crippen molar-refractivity contribution in [1.82, 2.24) is 19.5 Å². The lowest BCUT2D eigenvalue weighted by Gasteiger charge is -2.19. The van der Waals surface area contributed by atoms with Crippen LogP contribution in [0.4, 0.5) is 0 Å². The second-order valence-corrected chi connectivity index (χ2v) is 12.8. The van der Waals surface area contributed by atoms with Crippen LogP contribution in [0.25, 0.3) is 72.5 Å². The van der Waals surface area contributed by atoms with Crippen LogP contribution in [0.3, 0.4) is 0 Å². The smallest absolute Gasteiger partial charge is 0.159 e. The third-order valence-corrected chi connectivity index (χ3v) is 10.00. The van der Waals surface area contributed by atoms with E-state index in [-0.39, 0.29) is 5.92 Å². The molecule has 6 aromatic carbocycles. The third-order valence-electron chi connectivity index (χ3n) is 10.00. The van der Waals surface area contributed by atoms with Gasteiger partial charge in [0.1, 0.15) is 0 Å². The molecule has 0 saturated heterocycles. The second-order valence-electron chi connectivity index (χ2n) is 12.8. The lowest BCUT2D eigenvalue weighted by Crippen LogP contribution is -2.06. The molecule has 10 rings (SSSR count). The van der Waals surface area contributed by atoms with E-state index in [4.69, 9.17) is 15.0 Å². The van der Waals surface area contributed by atoms with Gasteiger partial charge in [-0.1, -0.05) is 127 Å². The Morgan fingerprint density at radius 2 is 1.12 bits per heavy atom. The molecule has 1 aliphatic rings. The molecule has 3 heterocycles. The van der Waals surface area contributed by atoms with Gasteiger partial charge in [0.2, 0.25) is 0 Å². The number of nitrogens with zero attached hydrogens (tertiary/aromatic N) is 4. The zero-order valence-electron chi connectivity index (χ0n) is 27.1. The van der Waals surface area contributed by atoms with E-state index in [1.807, 2.05) is 42.7 Å². The van der Waals surface area contributed by atoms with Crippen LogP contribution in [-0.2, 0) is 0 Å². The molecule has 0 spiro atoms. The normalized spacial score (nSPS) is 13.4. The monoisotopic (exact) mass is 638 g/mol. The number of rotatable bonds is 5. The molecular formula is C46H30N4. The average molecular weight is 639 g/mol. The minimum Gasteiger partial charge on any atom is -0.309 e. The lowest BCUT2D eigenvalue weighted by atomic mass is 9.86. The Kier molecular flexibility index (Phi) is 6.53. The van der Waals surface area contributed by atoms with E-state index in [1.165, 1.54) is 38.5 Å².